The lowest BCUT2D eigenvalue weighted by atomic mass is 10.2. The molecular weight excluding hydrogens is 286 g/mol. The summed E-state index contributed by atoms with van der Waals surface area (Å²) in [4.78, 5) is 13.0. The Bertz CT molecular complexity index is 560. The van der Waals surface area contributed by atoms with Gasteiger partial charge >= 0.3 is 0 Å². The smallest absolute Gasteiger partial charge is 0.292 e. The fourth-order valence-electron chi connectivity index (χ4n) is 1.60. The average molecular weight is 305 g/mol. The summed E-state index contributed by atoms with van der Waals surface area (Å²) in [5.74, 6) is 1.69. The molecule has 118 valence electrons. The predicted molar refractivity (Wildman–Crippen MR) is 81.2 cm³/mol. The molecule has 0 bridgehead atoms. The Balaban J connectivity index is 0.000000541. The number of carbonyl (C=O) groups excluding carboxylic acids is 1. The molecule has 0 atom stereocenters. The van der Waals surface area contributed by atoms with Gasteiger partial charge in [0.05, 0.1) is 33.7 Å². The predicted octanol–water partition coefficient (Wildman–Crippen LogP) is 2.47. The minimum atomic E-state index is 0.375. The molecule has 2 aromatic rings. The maximum Gasteiger partial charge on any atom is 0.292 e. The average Bonchev–Trinajstić information content (AvgIpc) is 2.60. The quantitative estimate of drug-likeness (QED) is 0.764. The number of ether oxygens (including phenoxy) is 4. The number of aromatic nitrogens is 1. The summed E-state index contributed by atoms with van der Waals surface area (Å²) in [5, 5.41) is 0. The molecular formula is C16H19NO5. The van der Waals surface area contributed by atoms with Crippen molar-refractivity contribution in [2.45, 2.75) is 6.61 Å². The Hall–Kier alpha value is -2.76. The maximum absolute atomic E-state index is 8.95. The van der Waals surface area contributed by atoms with Crippen LogP contribution in [0.3, 0.4) is 0 Å². The number of methoxy groups -OCH3 is 3. The zero-order valence-electron chi connectivity index (χ0n) is 12.8. The first kappa shape index (κ1) is 17.3. The monoisotopic (exact) mass is 305 g/mol. The second kappa shape index (κ2) is 10.0. The van der Waals surface area contributed by atoms with Crippen molar-refractivity contribution in [2.24, 2.45) is 0 Å². The normalized spacial score (nSPS) is 9.05. The van der Waals surface area contributed by atoms with Crippen LogP contribution in [0.25, 0.3) is 0 Å². The van der Waals surface area contributed by atoms with E-state index in [9.17, 15) is 0 Å². The summed E-state index contributed by atoms with van der Waals surface area (Å²) in [7, 11) is 4.46. The van der Waals surface area contributed by atoms with Gasteiger partial charge in [-0.15, -0.1) is 0 Å². The van der Waals surface area contributed by atoms with Crippen molar-refractivity contribution in [3.63, 3.8) is 0 Å². The van der Waals surface area contributed by atoms with E-state index in [4.69, 9.17) is 19.0 Å². The SMILES string of the molecule is COC=O.COc1cncc(OCc2ccccc2)c1OC. The van der Waals surface area contributed by atoms with E-state index < -0.39 is 0 Å². The van der Waals surface area contributed by atoms with Gasteiger partial charge in [-0.2, -0.15) is 0 Å². The third-order valence-electron chi connectivity index (χ3n) is 2.59. The molecule has 0 fully saturated rings. The highest BCUT2D eigenvalue weighted by molar-refractivity contribution is 5.48. The Morgan fingerprint density at radius 1 is 1.00 bits per heavy atom. The summed E-state index contributed by atoms with van der Waals surface area (Å²) in [5.41, 5.74) is 1.09. The minimum absolute atomic E-state index is 0.375. The zero-order valence-corrected chi connectivity index (χ0v) is 12.8. The molecule has 0 spiro atoms. The zero-order chi connectivity index (χ0) is 16.2. The Kier molecular flexibility index (Phi) is 7.89. The molecule has 6 nitrogen and oxygen atoms in total. The van der Waals surface area contributed by atoms with E-state index in [2.05, 4.69) is 9.72 Å². The van der Waals surface area contributed by atoms with Crippen molar-refractivity contribution in [1.82, 2.24) is 4.98 Å². The number of carbonyl (C=O) groups is 1. The third-order valence-corrected chi connectivity index (χ3v) is 2.59. The van der Waals surface area contributed by atoms with Gasteiger partial charge < -0.3 is 18.9 Å². The Morgan fingerprint density at radius 2 is 1.64 bits per heavy atom. The molecule has 1 heterocycles. The van der Waals surface area contributed by atoms with Gasteiger partial charge in [-0.25, -0.2) is 0 Å². The molecule has 0 amide bonds. The molecule has 0 aliphatic heterocycles. The Morgan fingerprint density at radius 3 is 2.18 bits per heavy atom. The largest absolute Gasteiger partial charge is 0.491 e. The lowest BCUT2D eigenvalue weighted by Crippen LogP contribution is -1.99. The second-order valence-electron chi connectivity index (χ2n) is 3.98. The maximum atomic E-state index is 8.95. The number of benzene rings is 1. The molecule has 1 aromatic heterocycles. The number of nitrogens with zero attached hydrogens (tertiary/aromatic N) is 1. The van der Waals surface area contributed by atoms with Crippen LogP contribution in [0.5, 0.6) is 17.2 Å². The summed E-state index contributed by atoms with van der Waals surface area (Å²) in [6.45, 7) is 0.839. The first-order valence-corrected chi connectivity index (χ1v) is 6.46. The molecule has 0 saturated carbocycles. The van der Waals surface area contributed by atoms with Gasteiger partial charge in [-0.3, -0.25) is 9.78 Å². The van der Waals surface area contributed by atoms with Crippen LogP contribution in [-0.2, 0) is 16.1 Å². The molecule has 6 heteroatoms. The lowest BCUT2D eigenvalue weighted by Gasteiger charge is -2.12. The van der Waals surface area contributed by atoms with Gasteiger partial charge in [0.15, 0.2) is 11.5 Å². The summed E-state index contributed by atoms with van der Waals surface area (Å²) >= 11 is 0. The van der Waals surface area contributed by atoms with Gasteiger partial charge in [0, 0.05) is 0 Å². The summed E-state index contributed by atoms with van der Waals surface area (Å²) in [6, 6.07) is 9.91. The standard InChI is InChI=1S/C14H15NO3.C2H4O2/c1-16-12-8-15-9-13(14(12)17-2)18-10-11-6-4-3-5-7-11;1-4-2-3/h3-9H,10H2,1-2H3;2H,1H3. The van der Waals surface area contributed by atoms with Crippen LogP contribution in [0.1, 0.15) is 5.56 Å². The number of pyridine rings is 1. The van der Waals surface area contributed by atoms with Crippen LogP contribution >= 0.6 is 0 Å². The number of rotatable bonds is 6. The molecule has 0 aliphatic rings. The van der Waals surface area contributed by atoms with Crippen molar-refractivity contribution >= 4 is 6.47 Å². The molecule has 1 aromatic carbocycles. The van der Waals surface area contributed by atoms with Gasteiger partial charge in [-0.05, 0) is 5.56 Å². The van der Waals surface area contributed by atoms with E-state index in [-0.39, 0.29) is 0 Å². The van der Waals surface area contributed by atoms with E-state index in [0.717, 1.165) is 5.56 Å². The van der Waals surface area contributed by atoms with E-state index in [1.807, 2.05) is 30.3 Å². The van der Waals surface area contributed by atoms with Crippen LogP contribution in [0.15, 0.2) is 42.7 Å². The molecule has 2 rings (SSSR count). The topological polar surface area (TPSA) is 66.9 Å². The van der Waals surface area contributed by atoms with Crippen molar-refractivity contribution in [2.75, 3.05) is 21.3 Å². The lowest BCUT2D eigenvalue weighted by molar-refractivity contribution is -0.126. The van der Waals surface area contributed by atoms with Crippen molar-refractivity contribution in [3.8, 4) is 17.2 Å². The van der Waals surface area contributed by atoms with Crippen molar-refractivity contribution < 1.29 is 23.7 Å². The van der Waals surface area contributed by atoms with Crippen molar-refractivity contribution in [3.05, 3.63) is 48.3 Å². The third kappa shape index (κ3) is 5.32. The molecule has 0 N–H and O–H groups in total. The van der Waals surface area contributed by atoms with Crippen LogP contribution < -0.4 is 14.2 Å². The van der Waals surface area contributed by atoms with E-state index >= 15 is 0 Å². The van der Waals surface area contributed by atoms with E-state index in [0.29, 0.717) is 30.3 Å². The van der Waals surface area contributed by atoms with Gasteiger partial charge in [0.2, 0.25) is 5.75 Å². The molecule has 0 saturated heterocycles. The highest BCUT2D eigenvalue weighted by Crippen LogP contribution is 2.35. The number of hydrogen-bond donors (Lipinski definition) is 0. The fraction of sp³-hybridized carbons (Fsp3) is 0.250. The highest BCUT2D eigenvalue weighted by Gasteiger charge is 2.11. The Labute approximate surface area is 129 Å². The van der Waals surface area contributed by atoms with Crippen molar-refractivity contribution in [1.29, 1.82) is 0 Å². The number of hydrogen-bond acceptors (Lipinski definition) is 6. The summed E-state index contributed by atoms with van der Waals surface area (Å²) < 4.78 is 20.0. The van der Waals surface area contributed by atoms with Gasteiger partial charge in [0.25, 0.3) is 6.47 Å². The molecule has 22 heavy (non-hydrogen) atoms. The van der Waals surface area contributed by atoms with Crippen LogP contribution in [0.4, 0.5) is 0 Å². The summed E-state index contributed by atoms with van der Waals surface area (Å²) in [6.07, 6.45) is 3.21. The molecule has 0 radical (unpaired) electrons. The fourth-order valence-corrected chi connectivity index (χ4v) is 1.60. The van der Waals surface area contributed by atoms with Gasteiger partial charge in [0.1, 0.15) is 6.61 Å². The first-order chi connectivity index (χ1) is 10.8. The van der Waals surface area contributed by atoms with Crippen LogP contribution in [0.2, 0.25) is 0 Å². The molecule has 0 aliphatic carbocycles. The van der Waals surface area contributed by atoms with Crippen LogP contribution in [-0.4, -0.2) is 32.8 Å². The van der Waals surface area contributed by atoms with Gasteiger partial charge in [-0.1, -0.05) is 30.3 Å². The minimum Gasteiger partial charge on any atom is -0.491 e. The first-order valence-electron chi connectivity index (χ1n) is 6.46. The van der Waals surface area contributed by atoms with E-state index in [1.165, 1.54) is 7.11 Å². The highest BCUT2D eigenvalue weighted by atomic mass is 16.5. The second-order valence-corrected chi connectivity index (χ2v) is 3.98. The van der Waals surface area contributed by atoms with E-state index in [1.54, 1.807) is 26.6 Å². The molecule has 0 unspecified atom stereocenters. The van der Waals surface area contributed by atoms with Crippen LogP contribution in [0, 0.1) is 0 Å².